The molecule has 0 bridgehead atoms. The van der Waals surface area contributed by atoms with Gasteiger partial charge in [-0.3, -0.25) is 9.59 Å². The Morgan fingerprint density at radius 2 is 2.00 bits per heavy atom. The zero-order valence-corrected chi connectivity index (χ0v) is 9.01. The van der Waals surface area contributed by atoms with Crippen LogP contribution in [0.4, 0.5) is 11.4 Å². The van der Waals surface area contributed by atoms with Gasteiger partial charge < -0.3 is 27.6 Å². The van der Waals surface area contributed by atoms with Crippen LogP contribution in [-0.4, -0.2) is 29.6 Å². The second kappa shape index (κ2) is 5.17. The predicted octanol–water partition coefficient (Wildman–Crippen LogP) is -1.37. The average molecular weight is 238 g/mol. The molecule has 0 heterocycles. The molecule has 8 N–H and O–H groups in total. The molecule has 1 unspecified atom stereocenters. The number of rotatable bonds is 5. The predicted molar refractivity (Wildman–Crippen MR) is 63.1 cm³/mol. The maximum Gasteiger partial charge on any atom is 0.248 e. The maximum absolute atomic E-state index is 10.9. The van der Waals surface area contributed by atoms with Gasteiger partial charge in [0.05, 0.1) is 11.4 Å². The number of benzene rings is 1. The lowest BCUT2D eigenvalue weighted by Crippen LogP contribution is -2.34. The Morgan fingerprint density at radius 1 is 1.35 bits per heavy atom. The van der Waals surface area contributed by atoms with E-state index >= 15 is 0 Å². The highest BCUT2D eigenvalue weighted by Gasteiger charge is 2.11. The molecule has 7 heteroatoms. The lowest BCUT2D eigenvalue weighted by atomic mass is 10.1. The zero-order valence-electron chi connectivity index (χ0n) is 9.01. The van der Waals surface area contributed by atoms with Gasteiger partial charge >= 0.3 is 0 Å². The highest BCUT2D eigenvalue weighted by Crippen LogP contribution is 2.19. The van der Waals surface area contributed by atoms with E-state index in [4.69, 9.17) is 17.2 Å². The summed E-state index contributed by atoms with van der Waals surface area (Å²) >= 11 is 0. The molecule has 2 amide bonds. The maximum atomic E-state index is 10.9. The van der Waals surface area contributed by atoms with E-state index < -0.39 is 17.9 Å². The first-order chi connectivity index (χ1) is 7.91. The van der Waals surface area contributed by atoms with Gasteiger partial charge in [0.2, 0.25) is 11.8 Å². The third-order valence-corrected chi connectivity index (χ3v) is 2.15. The molecule has 1 aromatic rings. The van der Waals surface area contributed by atoms with Crippen molar-refractivity contribution < 1.29 is 14.7 Å². The van der Waals surface area contributed by atoms with E-state index in [1.54, 1.807) is 0 Å². The number of aliphatic hydroxyl groups is 1. The van der Waals surface area contributed by atoms with E-state index in [1.165, 1.54) is 18.2 Å². The highest BCUT2D eigenvalue weighted by atomic mass is 16.3. The van der Waals surface area contributed by atoms with Gasteiger partial charge in [-0.1, -0.05) is 0 Å². The average Bonchev–Trinajstić information content (AvgIpc) is 2.26. The summed E-state index contributed by atoms with van der Waals surface area (Å²) in [6, 6.07) is 4.41. The summed E-state index contributed by atoms with van der Waals surface area (Å²) in [7, 11) is 0. The van der Waals surface area contributed by atoms with Crippen molar-refractivity contribution >= 4 is 23.2 Å². The first-order valence-electron chi connectivity index (χ1n) is 4.82. The second-order valence-corrected chi connectivity index (χ2v) is 3.47. The first-order valence-corrected chi connectivity index (χ1v) is 4.82. The molecule has 17 heavy (non-hydrogen) atoms. The molecule has 1 aromatic carbocycles. The van der Waals surface area contributed by atoms with Gasteiger partial charge in [0, 0.05) is 12.1 Å². The molecular weight excluding hydrogens is 224 g/mol. The first kappa shape index (κ1) is 12.8. The van der Waals surface area contributed by atoms with Crippen LogP contribution in [0.3, 0.4) is 0 Å². The zero-order chi connectivity index (χ0) is 13.0. The van der Waals surface area contributed by atoms with Gasteiger partial charge in [0.25, 0.3) is 0 Å². The number of hydrogen-bond donors (Lipinski definition) is 5. The van der Waals surface area contributed by atoms with Crippen LogP contribution in [0.25, 0.3) is 0 Å². The smallest absolute Gasteiger partial charge is 0.248 e. The summed E-state index contributed by atoms with van der Waals surface area (Å²) in [6.45, 7) is -0.0955. The number of nitrogens with one attached hydrogen (secondary N) is 1. The molecule has 1 atom stereocenters. The van der Waals surface area contributed by atoms with E-state index in [0.29, 0.717) is 11.4 Å². The Bertz CT molecular complexity index is 447. The Kier molecular flexibility index (Phi) is 3.89. The Hall–Kier alpha value is -2.28. The van der Waals surface area contributed by atoms with Gasteiger partial charge in [-0.25, -0.2) is 0 Å². The van der Waals surface area contributed by atoms with Crippen molar-refractivity contribution in [3.63, 3.8) is 0 Å². The number of amides is 2. The van der Waals surface area contributed by atoms with E-state index in [-0.39, 0.29) is 12.1 Å². The minimum absolute atomic E-state index is 0.0955. The van der Waals surface area contributed by atoms with Crippen LogP contribution >= 0.6 is 0 Å². The van der Waals surface area contributed by atoms with Gasteiger partial charge in [0.1, 0.15) is 6.10 Å². The quantitative estimate of drug-likeness (QED) is 0.402. The molecular formula is C10H14N4O3. The van der Waals surface area contributed by atoms with Gasteiger partial charge in [0.15, 0.2) is 0 Å². The summed E-state index contributed by atoms with van der Waals surface area (Å²) in [4.78, 5) is 21.5. The van der Waals surface area contributed by atoms with Crippen molar-refractivity contribution in [3.05, 3.63) is 23.8 Å². The molecule has 0 aliphatic heterocycles. The number of anilines is 2. The Labute approximate surface area is 97.6 Å². The van der Waals surface area contributed by atoms with Gasteiger partial charge in [-0.2, -0.15) is 0 Å². The fourth-order valence-corrected chi connectivity index (χ4v) is 1.17. The van der Waals surface area contributed by atoms with Crippen LogP contribution in [0.2, 0.25) is 0 Å². The van der Waals surface area contributed by atoms with Crippen LogP contribution in [0.1, 0.15) is 10.4 Å². The normalized spacial score (nSPS) is 11.8. The van der Waals surface area contributed by atoms with E-state index in [2.05, 4.69) is 5.32 Å². The van der Waals surface area contributed by atoms with E-state index in [1.807, 2.05) is 0 Å². The molecule has 0 saturated heterocycles. The molecule has 0 aliphatic rings. The summed E-state index contributed by atoms with van der Waals surface area (Å²) < 4.78 is 0. The number of hydrogen-bond acceptors (Lipinski definition) is 5. The minimum Gasteiger partial charge on any atom is -0.397 e. The lowest BCUT2D eigenvalue weighted by Gasteiger charge is -2.12. The molecule has 0 spiro atoms. The number of nitrogens with two attached hydrogens (primary N) is 3. The molecule has 92 valence electrons. The molecule has 7 nitrogen and oxygen atoms in total. The fourth-order valence-electron chi connectivity index (χ4n) is 1.17. The minimum atomic E-state index is -1.33. The number of aliphatic hydroxyl groups excluding tert-OH is 1. The molecule has 0 fully saturated rings. The molecule has 0 saturated carbocycles. The third-order valence-electron chi connectivity index (χ3n) is 2.15. The molecule has 1 rings (SSSR count). The summed E-state index contributed by atoms with van der Waals surface area (Å²) in [5, 5.41) is 11.9. The van der Waals surface area contributed by atoms with E-state index in [0.717, 1.165) is 0 Å². The van der Waals surface area contributed by atoms with Crippen LogP contribution in [0.5, 0.6) is 0 Å². The van der Waals surface area contributed by atoms with Crippen molar-refractivity contribution in [1.29, 1.82) is 0 Å². The summed E-state index contributed by atoms with van der Waals surface area (Å²) in [6.07, 6.45) is -1.33. The largest absolute Gasteiger partial charge is 0.397 e. The molecule has 0 aliphatic carbocycles. The van der Waals surface area contributed by atoms with Crippen LogP contribution in [0, 0.1) is 0 Å². The summed E-state index contributed by atoms with van der Waals surface area (Å²) in [5.41, 5.74) is 16.7. The Morgan fingerprint density at radius 3 is 2.53 bits per heavy atom. The van der Waals surface area contributed by atoms with Crippen molar-refractivity contribution in [2.45, 2.75) is 6.10 Å². The van der Waals surface area contributed by atoms with Gasteiger partial charge in [-0.15, -0.1) is 0 Å². The number of carbonyl (C=O) groups excluding carboxylic acids is 2. The third kappa shape index (κ3) is 3.35. The van der Waals surface area contributed by atoms with Crippen LogP contribution < -0.4 is 22.5 Å². The SMILES string of the molecule is NC(=O)c1ccc(N)c(NCC(O)C(N)=O)c1. The van der Waals surface area contributed by atoms with Crippen LogP contribution in [-0.2, 0) is 4.79 Å². The Balaban J connectivity index is 2.79. The van der Waals surface area contributed by atoms with E-state index in [9.17, 15) is 14.7 Å². The van der Waals surface area contributed by atoms with Crippen molar-refractivity contribution in [1.82, 2.24) is 0 Å². The topological polar surface area (TPSA) is 144 Å². The standard InChI is InChI=1S/C10H14N4O3/c11-6-2-1-5(9(12)16)3-7(6)14-4-8(15)10(13)17/h1-3,8,14-15H,4,11H2,(H2,12,16)(H2,13,17). The number of carbonyl (C=O) groups is 2. The molecule has 0 aromatic heterocycles. The van der Waals surface area contributed by atoms with Crippen molar-refractivity contribution in [2.24, 2.45) is 11.5 Å². The van der Waals surface area contributed by atoms with Crippen molar-refractivity contribution in [2.75, 3.05) is 17.6 Å². The lowest BCUT2D eigenvalue weighted by molar-refractivity contribution is -0.125. The monoisotopic (exact) mass is 238 g/mol. The number of nitrogen functional groups attached to an aromatic ring is 1. The number of primary amides is 2. The summed E-state index contributed by atoms with van der Waals surface area (Å²) in [5.74, 6) is -1.44. The fraction of sp³-hybridized carbons (Fsp3) is 0.200. The molecule has 0 radical (unpaired) electrons. The second-order valence-electron chi connectivity index (χ2n) is 3.47. The highest BCUT2D eigenvalue weighted by molar-refractivity contribution is 5.95. The van der Waals surface area contributed by atoms with Crippen molar-refractivity contribution in [3.8, 4) is 0 Å². The van der Waals surface area contributed by atoms with Crippen LogP contribution in [0.15, 0.2) is 18.2 Å². The van der Waals surface area contributed by atoms with Gasteiger partial charge in [-0.05, 0) is 18.2 Å².